The Hall–Kier alpha value is -2.14. The first-order valence-electron chi connectivity index (χ1n) is 6.51. The largest absolute Gasteiger partial charge is 0.481 e. The van der Waals surface area contributed by atoms with Gasteiger partial charge in [-0.15, -0.1) is 0 Å². The maximum atomic E-state index is 5.23. The SMILES string of the molecule is COc1ncnc(OC)c1CNCCc1ccccc1. The lowest BCUT2D eigenvalue weighted by molar-refractivity contribution is 0.359. The van der Waals surface area contributed by atoms with Crippen molar-refractivity contribution in [2.24, 2.45) is 0 Å². The van der Waals surface area contributed by atoms with E-state index in [9.17, 15) is 0 Å². The highest BCUT2D eigenvalue weighted by atomic mass is 16.5. The van der Waals surface area contributed by atoms with Crippen LogP contribution in [-0.4, -0.2) is 30.7 Å². The van der Waals surface area contributed by atoms with Crippen molar-refractivity contribution >= 4 is 0 Å². The zero-order valence-electron chi connectivity index (χ0n) is 11.8. The van der Waals surface area contributed by atoms with Crippen LogP contribution in [0.5, 0.6) is 11.8 Å². The van der Waals surface area contributed by atoms with Crippen LogP contribution in [0, 0.1) is 0 Å². The molecule has 0 saturated heterocycles. The average Bonchev–Trinajstić information content (AvgIpc) is 2.52. The number of hydrogen-bond acceptors (Lipinski definition) is 5. The maximum absolute atomic E-state index is 5.23. The Morgan fingerprint density at radius 2 is 1.65 bits per heavy atom. The van der Waals surface area contributed by atoms with Gasteiger partial charge in [0.25, 0.3) is 0 Å². The minimum absolute atomic E-state index is 0.545. The zero-order valence-corrected chi connectivity index (χ0v) is 11.8. The van der Waals surface area contributed by atoms with Crippen LogP contribution < -0.4 is 14.8 Å². The molecule has 2 rings (SSSR count). The highest BCUT2D eigenvalue weighted by Gasteiger charge is 2.11. The summed E-state index contributed by atoms with van der Waals surface area (Å²) in [6.45, 7) is 1.48. The maximum Gasteiger partial charge on any atom is 0.224 e. The quantitative estimate of drug-likeness (QED) is 0.780. The minimum atomic E-state index is 0.545. The summed E-state index contributed by atoms with van der Waals surface area (Å²) in [5.41, 5.74) is 2.15. The molecule has 0 atom stereocenters. The number of ether oxygens (including phenoxy) is 2. The molecule has 0 aliphatic rings. The van der Waals surface area contributed by atoms with E-state index in [1.807, 2.05) is 18.2 Å². The number of benzene rings is 1. The summed E-state index contributed by atoms with van der Waals surface area (Å²) >= 11 is 0. The monoisotopic (exact) mass is 273 g/mol. The fourth-order valence-electron chi connectivity index (χ4n) is 1.97. The van der Waals surface area contributed by atoms with Crippen LogP contribution in [0.2, 0.25) is 0 Å². The third-order valence-electron chi connectivity index (χ3n) is 2.99. The molecule has 0 fully saturated rings. The van der Waals surface area contributed by atoms with Gasteiger partial charge in [0, 0.05) is 6.54 Å². The normalized spacial score (nSPS) is 10.3. The van der Waals surface area contributed by atoms with Gasteiger partial charge in [-0.25, -0.2) is 9.97 Å². The Morgan fingerprint density at radius 3 is 2.25 bits per heavy atom. The van der Waals surface area contributed by atoms with Crippen LogP contribution in [0.3, 0.4) is 0 Å². The Morgan fingerprint density at radius 1 is 1.00 bits per heavy atom. The topological polar surface area (TPSA) is 56.3 Å². The molecule has 0 spiro atoms. The lowest BCUT2D eigenvalue weighted by atomic mass is 10.1. The summed E-state index contributed by atoms with van der Waals surface area (Å²) in [5, 5.41) is 3.36. The Bertz CT molecular complexity index is 510. The molecule has 2 aromatic rings. The van der Waals surface area contributed by atoms with Crippen LogP contribution in [0.4, 0.5) is 0 Å². The number of aromatic nitrogens is 2. The highest BCUT2D eigenvalue weighted by Crippen LogP contribution is 2.22. The second kappa shape index (κ2) is 7.45. The van der Waals surface area contributed by atoms with Crippen molar-refractivity contribution in [3.05, 3.63) is 47.8 Å². The Labute approximate surface area is 119 Å². The van der Waals surface area contributed by atoms with E-state index < -0.39 is 0 Å². The van der Waals surface area contributed by atoms with Crippen molar-refractivity contribution in [1.82, 2.24) is 15.3 Å². The predicted molar refractivity (Wildman–Crippen MR) is 77.0 cm³/mol. The first-order chi connectivity index (χ1) is 9.85. The molecule has 0 unspecified atom stereocenters. The molecule has 0 saturated carbocycles. The third kappa shape index (κ3) is 3.68. The molecular formula is C15H19N3O2. The molecule has 106 valence electrons. The minimum Gasteiger partial charge on any atom is -0.481 e. The van der Waals surface area contributed by atoms with Crippen LogP contribution in [0.15, 0.2) is 36.7 Å². The molecule has 1 aromatic carbocycles. The molecule has 1 N–H and O–H groups in total. The third-order valence-corrected chi connectivity index (χ3v) is 2.99. The predicted octanol–water partition coefficient (Wildman–Crippen LogP) is 1.83. The average molecular weight is 273 g/mol. The summed E-state index contributed by atoms with van der Waals surface area (Å²) in [5.74, 6) is 1.09. The summed E-state index contributed by atoms with van der Waals surface area (Å²) in [6.07, 6.45) is 2.41. The lowest BCUT2D eigenvalue weighted by Gasteiger charge is -2.11. The molecule has 20 heavy (non-hydrogen) atoms. The fraction of sp³-hybridized carbons (Fsp3) is 0.333. The molecule has 5 nitrogen and oxygen atoms in total. The van der Waals surface area contributed by atoms with E-state index >= 15 is 0 Å². The van der Waals surface area contributed by atoms with Crippen molar-refractivity contribution in [2.45, 2.75) is 13.0 Å². The number of nitrogens with zero attached hydrogens (tertiary/aromatic N) is 2. The highest BCUT2D eigenvalue weighted by molar-refractivity contribution is 5.34. The van der Waals surface area contributed by atoms with E-state index in [1.165, 1.54) is 11.9 Å². The number of rotatable bonds is 7. The van der Waals surface area contributed by atoms with Gasteiger partial charge in [0.1, 0.15) is 6.33 Å². The van der Waals surface area contributed by atoms with Gasteiger partial charge in [0.2, 0.25) is 11.8 Å². The Balaban J connectivity index is 1.90. The van der Waals surface area contributed by atoms with E-state index in [-0.39, 0.29) is 0 Å². The molecule has 0 bridgehead atoms. The Kier molecular flexibility index (Phi) is 5.32. The second-order valence-corrected chi connectivity index (χ2v) is 4.28. The molecule has 0 radical (unpaired) electrons. The van der Waals surface area contributed by atoms with E-state index in [0.717, 1.165) is 18.5 Å². The number of nitrogens with one attached hydrogen (secondary N) is 1. The van der Waals surface area contributed by atoms with Gasteiger partial charge in [-0.1, -0.05) is 30.3 Å². The van der Waals surface area contributed by atoms with Crippen LogP contribution in [-0.2, 0) is 13.0 Å². The second-order valence-electron chi connectivity index (χ2n) is 4.28. The van der Waals surface area contributed by atoms with Gasteiger partial charge in [-0.05, 0) is 18.5 Å². The molecule has 1 aromatic heterocycles. The van der Waals surface area contributed by atoms with E-state index in [2.05, 4.69) is 27.4 Å². The summed E-state index contributed by atoms with van der Waals surface area (Å²) in [7, 11) is 3.19. The molecule has 1 heterocycles. The van der Waals surface area contributed by atoms with Crippen molar-refractivity contribution in [3.63, 3.8) is 0 Å². The van der Waals surface area contributed by atoms with Crippen molar-refractivity contribution in [3.8, 4) is 11.8 Å². The summed E-state index contributed by atoms with van der Waals surface area (Å²) < 4.78 is 10.5. The molecular weight excluding hydrogens is 254 g/mol. The van der Waals surface area contributed by atoms with E-state index in [4.69, 9.17) is 9.47 Å². The van der Waals surface area contributed by atoms with Gasteiger partial charge >= 0.3 is 0 Å². The standard InChI is InChI=1S/C15H19N3O2/c1-19-14-13(15(20-2)18-11-17-14)10-16-9-8-12-6-4-3-5-7-12/h3-7,11,16H,8-10H2,1-2H3. The van der Waals surface area contributed by atoms with Crippen molar-refractivity contribution in [1.29, 1.82) is 0 Å². The van der Waals surface area contributed by atoms with Crippen LogP contribution in [0.25, 0.3) is 0 Å². The first kappa shape index (κ1) is 14.3. The van der Waals surface area contributed by atoms with E-state index in [0.29, 0.717) is 18.3 Å². The zero-order chi connectivity index (χ0) is 14.2. The van der Waals surface area contributed by atoms with Gasteiger partial charge in [0.05, 0.1) is 19.8 Å². The lowest BCUT2D eigenvalue weighted by Crippen LogP contribution is -2.18. The number of methoxy groups -OCH3 is 2. The van der Waals surface area contributed by atoms with Crippen LogP contribution >= 0.6 is 0 Å². The van der Waals surface area contributed by atoms with Crippen molar-refractivity contribution < 1.29 is 9.47 Å². The molecule has 5 heteroatoms. The van der Waals surface area contributed by atoms with Gasteiger partial charge in [-0.2, -0.15) is 0 Å². The molecule has 0 aliphatic carbocycles. The van der Waals surface area contributed by atoms with Gasteiger partial charge < -0.3 is 14.8 Å². The first-order valence-corrected chi connectivity index (χ1v) is 6.51. The smallest absolute Gasteiger partial charge is 0.224 e. The van der Waals surface area contributed by atoms with Crippen LogP contribution in [0.1, 0.15) is 11.1 Å². The summed E-state index contributed by atoms with van der Waals surface area (Å²) in [4.78, 5) is 8.18. The summed E-state index contributed by atoms with van der Waals surface area (Å²) in [6, 6.07) is 10.4. The fourth-order valence-corrected chi connectivity index (χ4v) is 1.97. The van der Waals surface area contributed by atoms with Gasteiger partial charge in [-0.3, -0.25) is 0 Å². The molecule has 0 aliphatic heterocycles. The van der Waals surface area contributed by atoms with E-state index in [1.54, 1.807) is 14.2 Å². The van der Waals surface area contributed by atoms with Gasteiger partial charge in [0.15, 0.2) is 0 Å². The molecule has 0 amide bonds. The van der Waals surface area contributed by atoms with Crippen molar-refractivity contribution in [2.75, 3.05) is 20.8 Å². The number of hydrogen-bond donors (Lipinski definition) is 1.